The fraction of sp³-hybridized carbons (Fsp3) is 0.300. The Bertz CT molecular complexity index is 2620. The van der Waals surface area contributed by atoms with E-state index in [9.17, 15) is 39.0 Å². The largest absolute Gasteiger partial charge is 0.483 e. The van der Waals surface area contributed by atoms with E-state index in [-0.39, 0.29) is 40.6 Å². The molecule has 0 radical (unpaired) electrons. The Morgan fingerprint density at radius 2 is 1.02 bits per heavy atom. The van der Waals surface area contributed by atoms with Gasteiger partial charge in [0.2, 0.25) is 0 Å². The molecule has 2 saturated heterocycles. The first-order valence-corrected chi connectivity index (χ1v) is 16.3. The lowest BCUT2D eigenvalue weighted by molar-refractivity contribution is -0.385. The van der Waals surface area contributed by atoms with Gasteiger partial charge in [0.15, 0.2) is 0 Å². The molecule has 8 rings (SSSR count). The molecule has 2 aliphatic rings. The van der Waals surface area contributed by atoms with Crippen molar-refractivity contribution in [3.8, 4) is 28.6 Å². The third-order valence-electron chi connectivity index (χ3n) is 7.93. The molecule has 0 spiro atoms. The third kappa shape index (κ3) is 8.52. The summed E-state index contributed by atoms with van der Waals surface area (Å²) < 4.78 is 40.7. The van der Waals surface area contributed by atoms with Crippen molar-refractivity contribution in [2.75, 3.05) is 32.2 Å². The molecule has 6 aromatic rings. The Kier molecular flexibility index (Phi) is 11.2. The van der Waals surface area contributed by atoms with Gasteiger partial charge < -0.3 is 24.7 Å². The number of rotatable bonds is 9. The highest BCUT2D eigenvalue weighted by Crippen LogP contribution is 2.29. The van der Waals surface area contributed by atoms with Crippen molar-refractivity contribution < 1.29 is 33.2 Å². The first-order valence-electron chi connectivity index (χ1n) is 16.3. The van der Waals surface area contributed by atoms with Crippen molar-refractivity contribution in [3.63, 3.8) is 0 Å². The molecule has 5 heterocycles. The number of benzene rings is 3. The molecule has 2 fully saturated rings. The number of tetrazole rings is 3. The summed E-state index contributed by atoms with van der Waals surface area (Å²) in [4.78, 5) is 55.5. The molecular weight excluding hydrogens is 765 g/mol. The number of hydrogen-bond acceptors (Lipinski definition) is 18. The first-order chi connectivity index (χ1) is 27.2. The second-order valence-electron chi connectivity index (χ2n) is 12.0. The molecule has 0 unspecified atom stereocenters. The Morgan fingerprint density at radius 3 is 1.40 bits per heavy atom. The maximum Gasteiger partial charge on any atom is 0.368 e. The van der Waals surface area contributed by atoms with Crippen LogP contribution in [0.4, 0.5) is 21.5 Å². The molecule has 57 heavy (non-hydrogen) atoms. The molecule has 0 bridgehead atoms. The van der Waals surface area contributed by atoms with Crippen LogP contribution in [0.2, 0.25) is 0 Å². The summed E-state index contributed by atoms with van der Waals surface area (Å²) >= 11 is 0. The number of ether oxygens (including phenoxy) is 4. The molecule has 0 atom stereocenters. The average molecular weight is 796 g/mol. The van der Waals surface area contributed by atoms with E-state index in [4.69, 9.17) is 24.7 Å². The topological polar surface area (TPSA) is 307 Å². The van der Waals surface area contributed by atoms with E-state index in [1.165, 1.54) is 39.3 Å². The van der Waals surface area contributed by atoms with Gasteiger partial charge in [-0.25, -0.2) is 18.8 Å². The van der Waals surface area contributed by atoms with E-state index < -0.39 is 27.0 Å². The number of nitrogens with two attached hydrogens (primary N) is 1. The van der Waals surface area contributed by atoms with E-state index in [0.717, 1.165) is 41.6 Å². The Labute approximate surface area is 315 Å². The first kappa shape index (κ1) is 39.0. The Morgan fingerprint density at radius 1 is 0.632 bits per heavy atom. The molecule has 2 aliphatic heterocycles. The van der Waals surface area contributed by atoms with Crippen LogP contribution >= 0.6 is 0 Å². The number of hydrogen-bond donors (Lipinski definition) is 1. The zero-order valence-corrected chi connectivity index (χ0v) is 29.9. The van der Waals surface area contributed by atoms with Crippen molar-refractivity contribution in [1.82, 2.24) is 59.4 Å². The zero-order valence-electron chi connectivity index (χ0n) is 29.9. The van der Waals surface area contributed by atoms with Crippen LogP contribution in [-0.2, 0) is 30.6 Å². The fourth-order valence-electron chi connectivity index (χ4n) is 4.78. The third-order valence-corrected chi connectivity index (χ3v) is 7.93. The van der Waals surface area contributed by atoms with Crippen LogP contribution in [0.15, 0.2) is 69.0 Å². The highest BCUT2D eigenvalue weighted by Gasteiger charge is 2.25. The summed E-state index contributed by atoms with van der Waals surface area (Å²) in [5, 5.41) is 43.0. The standard InChI is InChI=1S/C11H11N5O5.C11H13N5O3.C8H6FN5O3/c1-14-11(17)15(13-12-14)9-4-7(16(18)19)2-3-10(9)21-8-5-20-6-8;1-15-11(17)16(14-13-15)9-4-7(12)2-3-10(9)19-8-5-18-6-8;1-12-8(15)13(11-10-12)7-4-5(14(16)17)2-3-6(7)9/h2-4,8H,5-6H2,1H3;2-4,8H,5-6,12H2,1H3;2-4H,1H3. The molecule has 0 amide bonds. The Balaban J connectivity index is 0.000000145. The molecule has 3 aromatic carbocycles. The smallest absolute Gasteiger partial charge is 0.368 e. The predicted octanol–water partition coefficient (Wildman–Crippen LogP) is -1.01. The van der Waals surface area contributed by atoms with Gasteiger partial charge in [-0.15, -0.1) is 0 Å². The minimum absolute atomic E-state index is 0.00486. The quantitative estimate of drug-likeness (QED) is 0.104. The van der Waals surface area contributed by atoms with E-state index in [0.29, 0.717) is 54.0 Å². The van der Waals surface area contributed by atoms with E-state index in [2.05, 4.69) is 31.3 Å². The summed E-state index contributed by atoms with van der Waals surface area (Å²) in [5.74, 6) is 0.0554. The van der Waals surface area contributed by atoms with Crippen LogP contribution in [0, 0.1) is 26.0 Å². The van der Waals surface area contributed by atoms with E-state index in [1.54, 1.807) is 18.2 Å². The second kappa shape index (κ2) is 16.4. The number of aryl methyl sites for hydroxylation is 3. The second-order valence-corrected chi connectivity index (χ2v) is 12.0. The normalized spacial score (nSPS) is 13.6. The predicted molar refractivity (Wildman–Crippen MR) is 188 cm³/mol. The maximum atomic E-state index is 13.4. The highest BCUT2D eigenvalue weighted by atomic mass is 19.1. The molecule has 26 nitrogen and oxygen atoms in total. The van der Waals surface area contributed by atoms with Gasteiger partial charge in [-0.1, -0.05) is 0 Å². The van der Waals surface area contributed by atoms with Crippen LogP contribution < -0.4 is 32.3 Å². The molecule has 27 heteroatoms. The lowest BCUT2D eigenvalue weighted by Gasteiger charge is -2.27. The minimum Gasteiger partial charge on any atom is -0.483 e. The number of nitrogen functional groups attached to an aromatic ring is 1. The van der Waals surface area contributed by atoms with E-state index >= 15 is 0 Å². The summed E-state index contributed by atoms with van der Waals surface area (Å²) in [6.45, 7) is 1.95. The number of non-ortho nitro benzene ring substituents is 2. The van der Waals surface area contributed by atoms with Gasteiger partial charge in [0.1, 0.15) is 46.6 Å². The van der Waals surface area contributed by atoms with Crippen LogP contribution in [0.25, 0.3) is 17.1 Å². The maximum absolute atomic E-state index is 13.4. The summed E-state index contributed by atoms with van der Waals surface area (Å²) in [6.07, 6.45) is -0.146. The SMILES string of the molecule is Cn1nnn(-c2cc(N)ccc2OC2COC2)c1=O.Cn1nnn(-c2cc([N+](=O)[O-])ccc2F)c1=O.Cn1nnn(-c2cc([N+](=O)[O-])ccc2OC2COC2)c1=O. The van der Waals surface area contributed by atoms with Gasteiger partial charge >= 0.3 is 17.1 Å². The van der Waals surface area contributed by atoms with Gasteiger partial charge in [-0.3, -0.25) is 20.2 Å². The monoisotopic (exact) mass is 795 g/mol. The van der Waals surface area contributed by atoms with Crippen molar-refractivity contribution in [1.29, 1.82) is 0 Å². The molecular formula is C30H30FN15O11. The number of anilines is 1. The van der Waals surface area contributed by atoms with Crippen LogP contribution in [-0.4, -0.2) is 108 Å². The van der Waals surface area contributed by atoms with Gasteiger partial charge in [-0.05, 0) is 61.6 Å². The van der Waals surface area contributed by atoms with Crippen LogP contribution in [0.5, 0.6) is 11.5 Å². The van der Waals surface area contributed by atoms with Crippen molar-refractivity contribution in [2.45, 2.75) is 12.2 Å². The fourth-order valence-corrected chi connectivity index (χ4v) is 4.78. The van der Waals surface area contributed by atoms with Crippen LogP contribution in [0.1, 0.15) is 0 Å². The number of nitro benzene ring substituents is 2. The van der Waals surface area contributed by atoms with Crippen molar-refractivity contribution in [2.24, 2.45) is 21.1 Å². The lowest BCUT2D eigenvalue weighted by Crippen LogP contribution is -2.39. The van der Waals surface area contributed by atoms with Crippen LogP contribution in [0.3, 0.4) is 0 Å². The molecule has 298 valence electrons. The van der Waals surface area contributed by atoms with E-state index in [1.807, 2.05) is 0 Å². The van der Waals surface area contributed by atoms with Gasteiger partial charge in [0, 0.05) is 51.1 Å². The van der Waals surface area contributed by atoms with Crippen molar-refractivity contribution >= 4 is 17.1 Å². The number of nitrogens with zero attached hydrogens (tertiary/aromatic N) is 14. The van der Waals surface area contributed by atoms with Crippen molar-refractivity contribution in [3.05, 3.63) is 112 Å². The summed E-state index contributed by atoms with van der Waals surface area (Å²) in [7, 11) is 4.29. The molecule has 2 N–H and O–H groups in total. The number of aromatic nitrogens is 12. The average Bonchev–Trinajstić information content (AvgIpc) is 3.79. The number of nitro groups is 2. The molecule has 0 aliphatic carbocycles. The highest BCUT2D eigenvalue weighted by molar-refractivity contribution is 5.56. The summed E-state index contributed by atoms with van der Waals surface area (Å²) in [6, 6.07) is 11.8. The zero-order chi connectivity index (χ0) is 41.0. The Hall–Kier alpha value is -7.68. The lowest BCUT2D eigenvalue weighted by atomic mass is 10.2. The summed E-state index contributed by atoms with van der Waals surface area (Å²) in [5.41, 5.74) is 4.54. The molecule has 3 aromatic heterocycles. The minimum atomic E-state index is -0.793. The number of halogens is 1. The van der Waals surface area contributed by atoms with Gasteiger partial charge in [0.05, 0.1) is 36.3 Å². The molecule has 0 saturated carbocycles. The van der Waals surface area contributed by atoms with Gasteiger partial charge in [0.25, 0.3) is 11.4 Å². The van der Waals surface area contributed by atoms with Gasteiger partial charge in [-0.2, -0.15) is 28.1 Å².